The zero-order chi connectivity index (χ0) is 12.0. The first kappa shape index (κ1) is 12.0. The quantitative estimate of drug-likeness (QED) is 0.743. The van der Waals surface area contributed by atoms with Gasteiger partial charge in [0.1, 0.15) is 0 Å². The van der Waals surface area contributed by atoms with Gasteiger partial charge in [-0.25, -0.2) is 0 Å². The molecule has 2 heterocycles. The lowest BCUT2D eigenvalue weighted by atomic mass is 10.0. The van der Waals surface area contributed by atoms with Crippen LogP contribution in [0.1, 0.15) is 46.5 Å². The van der Waals surface area contributed by atoms with Gasteiger partial charge in [0.15, 0.2) is 0 Å². The van der Waals surface area contributed by atoms with Crippen LogP contribution in [0.2, 0.25) is 0 Å². The van der Waals surface area contributed by atoms with E-state index >= 15 is 0 Å². The van der Waals surface area contributed by atoms with E-state index in [-0.39, 0.29) is 0 Å². The van der Waals surface area contributed by atoms with E-state index in [4.69, 9.17) is 0 Å². The van der Waals surface area contributed by atoms with E-state index in [0.717, 1.165) is 18.0 Å². The second kappa shape index (κ2) is 4.24. The molecule has 2 nitrogen and oxygen atoms in total. The third-order valence-corrected chi connectivity index (χ3v) is 5.55. The van der Waals surface area contributed by atoms with Gasteiger partial charge in [0, 0.05) is 31.7 Å². The summed E-state index contributed by atoms with van der Waals surface area (Å²) < 4.78 is 0. The van der Waals surface area contributed by atoms with E-state index in [1.54, 1.807) is 0 Å². The monoisotopic (exact) mass is 236 g/mol. The fraction of sp³-hybridized carbons (Fsp3) is 1.00. The van der Waals surface area contributed by atoms with E-state index < -0.39 is 0 Å². The predicted molar refractivity (Wildman–Crippen MR) is 72.1 cm³/mol. The maximum Gasteiger partial charge on any atom is 0.0224 e. The van der Waals surface area contributed by atoms with Crippen molar-refractivity contribution < 1.29 is 0 Å². The van der Waals surface area contributed by atoms with Crippen molar-refractivity contribution in [1.82, 2.24) is 9.80 Å². The van der Waals surface area contributed by atoms with Crippen LogP contribution < -0.4 is 0 Å². The Morgan fingerprint density at radius 1 is 1.24 bits per heavy atom. The molecule has 2 heteroatoms. The van der Waals surface area contributed by atoms with Crippen molar-refractivity contribution in [3.63, 3.8) is 0 Å². The van der Waals surface area contributed by atoms with Crippen LogP contribution in [-0.4, -0.2) is 48.1 Å². The standard InChI is InChI=1S/C15H28N2/c1-4-13-10-16-7-5-6-14(16)11-17(13)9-12-8-15(12,2)3/h12-14H,4-11H2,1-3H3. The average Bonchev–Trinajstić information content (AvgIpc) is 2.73. The molecule has 0 aromatic rings. The Hall–Kier alpha value is -0.0800. The molecule has 0 aromatic heterocycles. The van der Waals surface area contributed by atoms with Gasteiger partial charge < -0.3 is 0 Å². The summed E-state index contributed by atoms with van der Waals surface area (Å²) in [6.45, 7) is 12.7. The lowest BCUT2D eigenvalue weighted by molar-refractivity contribution is 0.0437. The SMILES string of the molecule is CCC1CN2CCCC2CN1CC1CC1(C)C. The van der Waals surface area contributed by atoms with Crippen LogP contribution in [0.15, 0.2) is 0 Å². The minimum absolute atomic E-state index is 0.644. The molecule has 98 valence electrons. The van der Waals surface area contributed by atoms with Crippen LogP contribution in [-0.2, 0) is 0 Å². The van der Waals surface area contributed by atoms with Gasteiger partial charge in [-0.2, -0.15) is 0 Å². The summed E-state index contributed by atoms with van der Waals surface area (Å²) in [5.74, 6) is 0.976. The molecule has 3 rings (SSSR count). The van der Waals surface area contributed by atoms with Crippen molar-refractivity contribution in [2.75, 3.05) is 26.2 Å². The van der Waals surface area contributed by atoms with Crippen LogP contribution >= 0.6 is 0 Å². The molecule has 0 N–H and O–H groups in total. The van der Waals surface area contributed by atoms with E-state index in [0.29, 0.717) is 5.41 Å². The molecule has 0 aromatic carbocycles. The molecule has 17 heavy (non-hydrogen) atoms. The Kier molecular flexibility index (Phi) is 2.99. The minimum Gasteiger partial charge on any atom is -0.298 e. The summed E-state index contributed by atoms with van der Waals surface area (Å²) in [6.07, 6.45) is 5.66. The molecule has 3 aliphatic rings. The van der Waals surface area contributed by atoms with Gasteiger partial charge in [0.2, 0.25) is 0 Å². The average molecular weight is 236 g/mol. The molecular weight excluding hydrogens is 208 g/mol. The van der Waals surface area contributed by atoms with Gasteiger partial charge in [-0.3, -0.25) is 9.80 Å². The fourth-order valence-corrected chi connectivity index (χ4v) is 3.93. The van der Waals surface area contributed by atoms with Crippen molar-refractivity contribution in [1.29, 1.82) is 0 Å². The van der Waals surface area contributed by atoms with E-state index in [2.05, 4.69) is 30.6 Å². The number of piperazine rings is 1. The Morgan fingerprint density at radius 3 is 2.65 bits per heavy atom. The smallest absolute Gasteiger partial charge is 0.0224 e. The molecular formula is C15H28N2. The topological polar surface area (TPSA) is 6.48 Å². The highest BCUT2D eigenvalue weighted by atomic mass is 15.3. The highest BCUT2D eigenvalue weighted by Crippen LogP contribution is 2.52. The summed E-state index contributed by atoms with van der Waals surface area (Å²) >= 11 is 0. The van der Waals surface area contributed by atoms with Gasteiger partial charge in [0.05, 0.1) is 0 Å². The van der Waals surface area contributed by atoms with Crippen LogP contribution in [0.4, 0.5) is 0 Å². The number of rotatable bonds is 3. The molecule has 0 radical (unpaired) electrons. The van der Waals surface area contributed by atoms with Crippen LogP contribution in [0.5, 0.6) is 0 Å². The summed E-state index contributed by atoms with van der Waals surface area (Å²) in [5.41, 5.74) is 0.644. The first-order valence-electron chi connectivity index (χ1n) is 7.58. The number of nitrogens with zero attached hydrogens (tertiary/aromatic N) is 2. The second-order valence-corrected chi connectivity index (χ2v) is 7.20. The molecule has 0 spiro atoms. The molecule has 1 saturated carbocycles. The fourth-order valence-electron chi connectivity index (χ4n) is 3.93. The lowest BCUT2D eigenvalue weighted by Gasteiger charge is -2.43. The maximum absolute atomic E-state index is 2.83. The zero-order valence-electron chi connectivity index (χ0n) is 11.8. The lowest BCUT2D eigenvalue weighted by Crippen LogP contribution is -2.56. The van der Waals surface area contributed by atoms with Crippen LogP contribution in [0.3, 0.4) is 0 Å². The molecule has 0 bridgehead atoms. The van der Waals surface area contributed by atoms with E-state index in [1.807, 2.05) is 0 Å². The highest BCUT2D eigenvalue weighted by molar-refractivity contribution is 5.00. The predicted octanol–water partition coefficient (Wildman–Crippen LogP) is 2.59. The van der Waals surface area contributed by atoms with Gasteiger partial charge in [0.25, 0.3) is 0 Å². The summed E-state index contributed by atoms with van der Waals surface area (Å²) in [7, 11) is 0. The second-order valence-electron chi connectivity index (χ2n) is 7.20. The number of fused-ring (bicyclic) bond motifs is 1. The van der Waals surface area contributed by atoms with Crippen molar-refractivity contribution in [3.05, 3.63) is 0 Å². The normalized spacial score (nSPS) is 41.5. The van der Waals surface area contributed by atoms with Crippen molar-refractivity contribution >= 4 is 0 Å². The Bertz CT molecular complexity index is 285. The number of hydrogen-bond donors (Lipinski definition) is 0. The van der Waals surface area contributed by atoms with Crippen LogP contribution in [0, 0.1) is 11.3 Å². The summed E-state index contributed by atoms with van der Waals surface area (Å²) in [6, 6.07) is 1.72. The first-order valence-corrected chi connectivity index (χ1v) is 7.58. The van der Waals surface area contributed by atoms with Crippen molar-refractivity contribution in [2.45, 2.75) is 58.5 Å². The molecule has 3 atom stereocenters. The summed E-state index contributed by atoms with van der Waals surface area (Å²) in [5, 5.41) is 0. The van der Waals surface area contributed by atoms with Gasteiger partial charge in [-0.05, 0) is 43.6 Å². The van der Waals surface area contributed by atoms with Gasteiger partial charge in [-0.15, -0.1) is 0 Å². The summed E-state index contributed by atoms with van der Waals surface area (Å²) in [4.78, 5) is 5.58. The molecule has 3 fully saturated rings. The zero-order valence-corrected chi connectivity index (χ0v) is 11.8. The Morgan fingerprint density at radius 2 is 2.00 bits per heavy atom. The van der Waals surface area contributed by atoms with E-state index in [9.17, 15) is 0 Å². The number of hydrogen-bond acceptors (Lipinski definition) is 2. The molecule has 3 unspecified atom stereocenters. The Labute approximate surface area is 106 Å². The van der Waals surface area contributed by atoms with Crippen LogP contribution in [0.25, 0.3) is 0 Å². The molecule has 2 saturated heterocycles. The molecule has 0 amide bonds. The highest BCUT2D eigenvalue weighted by Gasteiger charge is 2.47. The van der Waals surface area contributed by atoms with Gasteiger partial charge >= 0.3 is 0 Å². The van der Waals surface area contributed by atoms with Crippen molar-refractivity contribution in [2.24, 2.45) is 11.3 Å². The molecule has 1 aliphatic carbocycles. The van der Waals surface area contributed by atoms with Crippen molar-refractivity contribution in [3.8, 4) is 0 Å². The minimum atomic E-state index is 0.644. The third-order valence-electron chi connectivity index (χ3n) is 5.55. The largest absolute Gasteiger partial charge is 0.298 e. The molecule has 2 aliphatic heterocycles. The Balaban J connectivity index is 1.61. The third kappa shape index (κ3) is 2.26. The first-order chi connectivity index (χ1) is 8.10. The maximum atomic E-state index is 2.83. The van der Waals surface area contributed by atoms with Gasteiger partial charge in [-0.1, -0.05) is 20.8 Å². The van der Waals surface area contributed by atoms with E-state index in [1.165, 1.54) is 51.9 Å².